The molecule has 0 fully saturated rings. The van der Waals surface area contributed by atoms with Gasteiger partial charge in [-0.25, -0.2) is 0 Å². The van der Waals surface area contributed by atoms with Crippen LogP contribution in [0.15, 0.2) is 0 Å². The van der Waals surface area contributed by atoms with E-state index in [1.54, 1.807) is 0 Å². The van der Waals surface area contributed by atoms with Crippen LogP contribution in [0.1, 0.15) is 0 Å². The van der Waals surface area contributed by atoms with E-state index in [2.05, 4.69) is 8.75 Å². The van der Waals surface area contributed by atoms with Crippen LogP contribution in [0.5, 0.6) is 0 Å². The highest BCUT2D eigenvalue weighted by molar-refractivity contribution is 6.99. The second-order valence-electron chi connectivity index (χ2n) is 0.846. The minimum absolute atomic E-state index is 0.284. The number of hydrogen-bond donors (Lipinski definition) is 0. The van der Waals surface area contributed by atoms with Gasteiger partial charge in [-0.3, -0.25) is 0 Å². The molecule has 1 aromatic rings. The van der Waals surface area contributed by atoms with Crippen LogP contribution >= 0.6 is 34.9 Å². The quantitative estimate of drug-likeness (QED) is 0.571. The monoisotopic (exact) mass is 154 g/mol. The van der Waals surface area contributed by atoms with E-state index in [1.165, 1.54) is 0 Å². The molecule has 0 aliphatic heterocycles. The average molecular weight is 155 g/mol. The van der Waals surface area contributed by atoms with E-state index in [0.717, 1.165) is 11.7 Å². The highest BCUT2D eigenvalue weighted by Gasteiger charge is 1.97. The minimum atomic E-state index is 0.284. The van der Waals surface area contributed by atoms with Crippen molar-refractivity contribution in [2.24, 2.45) is 0 Å². The van der Waals surface area contributed by atoms with Gasteiger partial charge in [0.1, 0.15) is 0 Å². The van der Waals surface area contributed by atoms with Crippen molar-refractivity contribution in [2.75, 3.05) is 0 Å². The third-order valence-corrected chi connectivity index (χ3v) is 1.76. The molecule has 0 aromatic carbocycles. The Labute approximate surface area is 54.4 Å². The lowest BCUT2D eigenvalue weighted by atomic mass is 10.9. The number of halogens is 2. The van der Waals surface area contributed by atoms with E-state index in [4.69, 9.17) is 23.2 Å². The zero-order chi connectivity index (χ0) is 5.28. The summed E-state index contributed by atoms with van der Waals surface area (Å²) in [6, 6.07) is 0. The predicted octanol–water partition coefficient (Wildman–Crippen LogP) is 1.84. The molecule has 0 aliphatic carbocycles. The van der Waals surface area contributed by atoms with Gasteiger partial charge in [-0.2, -0.15) is 8.75 Å². The second-order valence-corrected chi connectivity index (χ2v) is 2.09. The predicted molar refractivity (Wildman–Crippen MR) is 29.9 cm³/mol. The molecule has 0 radical (unpaired) electrons. The van der Waals surface area contributed by atoms with Gasteiger partial charge in [0.05, 0.1) is 11.7 Å². The van der Waals surface area contributed by atoms with Crippen LogP contribution < -0.4 is 0 Å². The lowest BCUT2D eigenvalue weighted by molar-refractivity contribution is 1.53. The number of nitrogens with zero attached hydrogens (tertiary/aromatic N) is 2. The third-order valence-electron chi connectivity index (χ3n) is 0.412. The summed E-state index contributed by atoms with van der Waals surface area (Å²) < 4.78 is 7.16. The van der Waals surface area contributed by atoms with E-state index in [9.17, 15) is 0 Å². The molecule has 0 spiro atoms. The van der Waals surface area contributed by atoms with Crippen molar-refractivity contribution in [1.82, 2.24) is 8.75 Å². The van der Waals surface area contributed by atoms with Crippen molar-refractivity contribution in [3.05, 3.63) is 10.3 Å². The molecule has 0 amide bonds. The Kier molecular flexibility index (Phi) is 1.46. The largest absolute Gasteiger partial charge is 0.181 e. The normalized spacial score (nSPS) is 9.43. The van der Waals surface area contributed by atoms with Crippen LogP contribution in [0.2, 0.25) is 10.3 Å². The maximum atomic E-state index is 5.33. The van der Waals surface area contributed by atoms with Gasteiger partial charge in [0, 0.05) is 0 Å². The molecule has 1 rings (SSSR count). The van der Waals surface area contributed by atoms with Crippen LogP contribution in [0.4, 0.5) is 0 Å². The zero-order valence-corrected chi connectivity index (χ0v) is 5.39. The van der Waals surface area contributed by atoms with Crippen molar-refractivity contribution in [3.8, 4) is 0 Å². The van der Waals surface area contributed by atoms with Gasteiger partial charge in [-0.15, -0.1) is 0 Å². The third kappa shape index (κ3) is 1.02. The molecule has 0 saturated carbocycles. The van der Waals surface area contributed by atoms with Gasteiger partial charge in [-0.05, 0) is 0 Å². The molecular weight excluding hydrogens is 155 g/mol. The van der Waals surface area contributed by atoms with Crippen LogP contribution in [0, 0.1) is 0 Å². The van der Waals surface area contributed by atoms with Crippen molar-refractivity contribution in [1.29, 1.82) is 0 Å². The first-order valence-corrected chi connectivity index (χ1v) is 2.93. The summed E-state index contributed by atoms with van der Waals surface area (Å²) in [6.45, 7) is 0. The second kappa shape index (κ2) is 1.94. The molecule has 7 heavy (non-hydrogen) atoms. The first kappa shape index (κ1) is 5.28. The van der Waals surface area contributed by atoms with Crippen LogP contribution in [0.25, 0.3) is 0 Å². The van der Waals surface area contributed by atoms with Crippen molar-refractivity contribution in [3.63, 3.8) is 0 Å². The summed E-state index contributed by atoms with van der Waals surface area (Å²) in [4.78, 5) is 0. The summed E-state index contributed by atoms with van der Waals surface area (Å²) in [5, 5.41) is 0.568. The maximum Gasteiger partial charge on any atom is 0.181 e. The van der Waals surface area contributed by atoms with E-state index < -0.39 is 0 Å². The van der Waals surface area contributed by atoms with E-state index in [0.29, 0.717) is 0 Å². The van der Waals surface area contributed by atoms with Gasteiger partial charge in [-0.1, -0.05) is 23.2 Å². The van der Waals surface area contributed by atoms with Crippen molar-refractivity contribution < 1.29 is 0 Å². The van der Waals surface area contributed by atoms with Crippen LogP contribution in [-0.4, -0.2) is 8.75 Å². The molecule has 1 aromatic heterocycles. The molecule has 0 aliphatic rings. The van der Waals surface area contributed by atoms with Crippen LogP contribution in [-0.2, 0) is 0 Å². The summed E-state index contributed by atoms with van der Waals surface area (Å²) in [7, 11) is 0. The van der Waals surface area contributed by atoms with Crippen LogP contribution in [0.3, 0.4) is 0 Å². The molecule has 0 bridgehead atoms. The Morgan fingerprint density at radius 3 is 1.71 bits per heavy atom. The molecule has 1 heterocycles. The van der Waals surface area contributed by atoms with Gasteiger partial charge in [0.2, 0.25) is 0 Å². The number of rotatable bonds is 0. The maximum absolute atomic E-state index is 5.33. The van der Waals surface area contributed by atoms with Crippen molar-refractivity contribution >= 4 is 34.9 Å². The molecule has 2 nitrogen and oxygen atoms in total. The lowest BCUT2D eigenvalue weighted by Gasteiger charge is -1.68. The minimum Gasteiger partial charge on any atom is -0.159 e. The Bertz CT molecular complexity index is 146. The standard InChI is InChI=1S/C2Cl2N2S/c3-1-2(4)6-7-5-1. The Balaban J connectivity index is 3.12. The number of aromatic nitrogens is 2. The molecule has 0 N–H and O–H groups in total. The summed E-state index contributed by atoms with van der Waals surface area (Å²) in [5.74, 6) is 0. The Hall–Kier alpha value is 0.140. The zero-order valence-electron chi connectivity index (χ0n) is 3.06. The van der Waals surface area contributed by atoms with Gasteiger partial charge in [0.15, 0.2) is 10.3 Å². The lowest BCUT2D eigenvalue weighted by Crippen LogP contribution is -1.56. The average Bonchev–Trinajstić information content (AvgIpc) is 1.91. The highest BCUT2D eigenvalue weighted by atomic mass is 35.5. The Morgan fingerprint density at radius 1 is 1.14 bits per heavy atom. The fourth-order valence-corrected chi connectivity index (χ4v) is 0.894. The van der Waals surface area contributed by atoms with E-state index in [1.807, 2.05) is 0 Å². The molecule has 0 saturated heterocycles. The molecule has 38 valence electrons. The number of hydrogen-bond acceptors (Lipinski definition) is 3. The summed E-state index contributed by atoms with van der Waals surface area (Å²) in [6.07, 6.45) is 0. The van der Waals surface area contributed by atoms with E-state index >= 15 is 0 Å². The fraction of sp³-hybridized carbons (Fsp3) is 0. The summed E-state index contributed by atoms with van der Waals surface area (Å²) >= 11 is 11.7. The van der Waals surface area contributed by atoms with Gasteiger partial charge in [0.25, 0.3) is 0 Å². The Morgan fingerprint density at radius 2 is 1.57 bits per heavy atom. The van der Waals surface area contributed by atoms with Gasteiger partial charge >= 0.3 is 0 Å². The van der Waals surface area contributed by atoms with Gasteiger partial charge < -0.3 is 0 Å². The topological polar surface area (TPSA) is 25.8 Å². The summed E-state index contributed by atoms with van der Waals surface area (Å²) in [5.41, 5.74) is 0. The fourth-order valence-electron chi connectivity index (χ4n) is 0.167. The van der Waals surface area contributed by atoms with Crippen molar-refractivity contribution in [2.45, 2.75) is 0 Å². The first-order valence-electron chi connectivity index (χ1n) is 1.44. The molecule has 5 heteroatoms. The SMILES string of the molecule is Clc1nsnc1Cl. The van der Waals surface area contributed by atoms with E-state index in [-0.39, 0.29) is 10.3 Å². The highest BCUT2D eigenvalue weighted by Crippen LogP contribution is 2.16. The molecule has 0 atom stereocenters. The first-order chi connectivity index (χ1) is 3.30. The molecular formula is C2Cl2N2S. The molecule has 0 unspecified atom stereocenters. The smallest absolute Gasteiger partial charge is 0.159 e.